The van der Waals surface area contributed by atoms with Gasteiger partial charge in [-0.15, -0.1) is 0 Å². The molecule has 20 rings (SSSR count). The first-order valence-electron chi connectivity index (χ1n) is 48.0. The van der Waals surface area contributed by atoms with E-state index in [-0.39, 0.29) is 119 Å². The molecule has 0 bridgehead atoms. The summed E-state index contributed by atoms with van der Waals surface area (Å²) >= 11 is 0. The average Bonchev–Trinajstić information content (AvgIpc) is 1.60. The van der Waals surface area contributed by atoms with Crippen molar-refractivity contribution in [3.8, 4) is 0 Å². The van der Waals surface area contributed by atoms with Crippen LogP contribution in [-0.2, 0) is 87.1 Å². The van der Waals surface area contributed by atoms with Crippen molar-refractivity contribution >= 4 is 57.6 Å². The molecule has 0 spiro atoms. The Bertz CT molecular complexity index is 4990. The fraction of sp³-hybridized carbons (Fsp3) is 0.571. The van der Waals surface area contributed by atoms with Gasteiger partial charge in [-0.05, 0) is 181 Å². The maximum absolute atomic E-state index is 10.6. The molecule has 0 radical (unpaired) electrons. The third kappa shape index (κ3) is 26.2. The molecule has 38 heteroatoms. The number of carbonyl (C=O) groups excluding carboxylic acids is 2. The monoisotopic (exact) mass is 1950 g/mol. The Labute approximate surface area is 800 Å². The smallest absolute Gasteiger partial charge is 0.346 e. The highest BCUT2D eigenvalue weighted by Crippen LogP contribution is 2.68. The minimum atomic E-state index is -1.01. The van der Waals surface area contributed by atoms with E-state index < -0.39 is 56.9 Å². The zero-order valence-corrected chi connectivity index (χ0v) is 84.6. The highest BCUT2D eigenvalue weighted by Gasteiger charge is 2.61. The number of nitrogens with zero attached hydrogens (tertiary/aromatic N) is 6. The molecular weight excluding hydrogens is 1820 g/mol. The van der Waals surface area contributed by atoms with Crippen molar-refractivity contribution in [1.29, 1.82) is 0 Å². The van der Waals surface area contributed by atoms with Crippen LogP contribution in [0.1, 0.15) is 233 Å². The molecule has 136 heavy (non-hydrogen) atoms. The van der Waals surface area contributed by atoms with Crippen LogP contribution in [0, 0.1) is 13.8 Å². The highest BCUT2D eigenvalue weighted by molar-refractivity contribution is 7.45. The summed E-state index contributed by atoms with van der Waals surface area (Å²) < 4.78 is 86.4. The lowest BCUT2D eigenvalue weighted by atomic mass is 9.87. The number of rotatable bonds is 18. The van der Waals surface area contributed by atoms with Gasteiger partial charge in [-0.1, -0.05) is 149 Å². The van der Waals surface area contributed by atoms with E-state index in [2.05, 4.69) is 274 Å². The molecule has 34 nitrogen and oxygen atoms in total. The third-order valence-corrected chi connectivity index (χ3v) is 34.3. The van der Waals surface area contributed by atoms with Crippen molar-refractivity contribution in [2.75, 3.05) is 36.8 Å². The van der Waals surface area contributed by atoms with Crippen molar-refractivity contribution in [1.82, 2.24) is 58.6 Å². The third-order valence-electron chi connectivity index (χ3n) is 26.8. The number of benzene rings is 4. The van der Waals surface area contributed by atoms with Gasteiger partial charge in [0.2, 0.25) is 11.8 Å². The van der Waals surface area contributed by atoms with Gasteiger partial charge in [0, 0.05) is 102 Å². The van der Waals surface area contributed by atoms with E-state index in [0.717, 1.165) is 77.5 Å². The molecule has 12 aliphatic rings. The van der Waals surface area contributed by atoms with Gasteiger partial charge in [-0.3, -0.25) is 39.1 Å². The predicted molar refractivity (Wildman–Crippen MR) is 526 cm³/mol. The normalized spacial score (nSPS) is 32.8. The first-order chi connectivity index (χ1) is 65.2. The number of carbonyl (C=O) groups is 2. The summed E-state index contributed by atoms with van der Waals surface area (Å²) in [5, 5.41) is 4.82. The largest absolute Gasteiger partial charge is 0.372 e. The van der Waals surface area contributed by atoms with E-state index in [1.807, 2.05) is 0 Å². The number of aryl methyl sites for hydroxylation is 2. The van der Waals surface area contributed by atoms with E-state index in [4.69, 9.17) is 55.1 Å². The first-order valence-corrected chi connectivity index (χ1v) is 52.5. The molecule has 8 N–H and O–H groups in total. The Morgan fingerprint density at radius 2 is 0.632 bits per heavy atom. The predicted octanol–water partition coefficient (Wildman–Crippen LogP) is 16.6. The van der Waals surface area contributed by atoms with Gasteiger partial charge < -0.3 is 75.7 Å². The molecule has 0 unspecified atom stereocenters. The zero-order valence-electron chi connectivity index (χ0n) is 81.0. The van der Waals surface area contributed by atoms with Crippen LogP contribution in [0.5, 0.6) is 0 Å². The summed E-state index contributed by atoms with van der Waals surface area (Å²) in [5.41, 5.74) is 2.44. The summed E-state index contributed by atoms with van der Waals surface area (Å²) in [7, 11) is -4.02. The van der Waals surface area contributed by atoms with Gasteiger partial charge in [0.15, 0.2) is 0 Å². The number of nitrogens with one attached hydrogen (secondary N) is 8. The number of ether oxygens (including phenoxy) is 4. The van der Waals surface area contributed by atoms with Crippen molar-refractivity contribution in [3.05, 3.63) is 254 Å². The van der Waals surface area contributed by atoms with Crippen LogP contribution in [0.3, 0.4) is 0 Å². The molecule has 4 aromatic carbocycles. The van der Waals surface area contributed by atoms with Crippen LogP contribution < -0.4 is 44.5 Å². The summed E-state index contributed by atoms with van der Waals surface area (Å²) in [6.07, 6.45) is 25.5. The van der Waals surface area contributed by atoms with Crippen LogP contribution in [0.25, 0.3) is 0 Å². The number of H-pyrrole nitrogens is 6. The number of fused-ring (bicyclic) bond motifs is 4. The molecule has 0 saturated carbocycles. The van der Waals surface area contributed by atoms with E-state index >= 15 is 0 Å². The molecular formula is C98H138N14O20P4. The lowest BCUT2D eigenvalue weighted by molar-refractivity contribution is -0.115. The second kappa shape index (κ2) is 48.5. The molecule has 12 aliphatic heterocycles. The number of hydrogen-bond donors (Lipinski definition) is 8. The highest BCUT2D eigenvalue weighted by atomic mass is 31.2. The Kier molecular flexibility index (Phi) is 37.5. The van der Waals surface area contributed by atoms with E-state index in [9.17, 15) is 38.4 Å². The van der Waals surface area contributed by atoms with Crippen molar-refractivity contribution < 1.29 is 64.7 Å². The molecule has 740 valence electrons. The SMILES string of the molecule is CC(=O)Nc1ccnc(=O)[nH]1.CC(=O)Nc1ccnc(=O)[nH]1.CC[C@H]1O[C@@H](C)C[C@H]1O[P@@]1O[C@](C)(c2ccccc2)[C@@H]2CCCN21.CC[C@H]1O[C@@H](C)C[C@H]1O[P@@]1O[C@](C)(c2ccccc2)[C@@H]2CCCN21.CC[C@H]1O[C@@H](C)C[C@H]1O[P@]1O[C@@](C)(c2ccccc2)[C@H]2CCCN21.CC[C@H]1O[C@@H](C)C[C@H]1O[P@]1O[C@@](C)(c2ccccc2)[C@H]2CCCN21.Cc1c[nH]c(=O)[nH]c1=O.Cc1c[nH]c(=O)[nH]c1=O. The molecule has 12 saturated heterocycles. The standard InChI is InChI=1S/4C19H28NO3P.2C6H7N3O2.2C5H6N2O2/c4*1-4-16-17(13-14(2)21-16)22-24-20-12-8-11-18(20)19(3,23-24)15-9-6-5-7-10-15;2*1-4(10)8-5-2-3-7-6(11)9-5;2*1-3-2-6-5(9)7-4(3)8/h4*5-7,9-10,14,16-18H,4,8,11-13H2,1-3H3;2*2-3H,1H3,(H2,7,8,9,10,11);2*2H,1H3,(H2,6,7,8,9)/t2*14-,16+,17+,18+,19-,24+;2*14-,16+,17+,18-,19+,24-;;;;/m0000..../s1. The molecule has 0 aliphatic carbocycles. The average molecular weight is 1960 g/mol. The van der Waals surface area contributed by atoms with Gasteiger partial charge in [0.1, 0.15) is 34.0 Å². The Morgan fingerprint density at radius 1 is 0.390 bits per heavy atom. The van der Waals surface area contributed by atoms with Gasteiger partial charge in [-0.25, -0.2) is 47.8 Å². The second-order valence-electron chi connectivity index (χ2n) is 37.0. The van der Waals surface area contributed by atoms with Crippen molar-refractivity contribution in [3.63, 3.8) is 0 Å². The first kappa shape index (κ1) is 105. The molecule has 16 heterocycles. The molecule has 4 aromatic heterocycles. The number of anilines is 2. The van der Waals surface area contributed by atoms with E-state index in [1.165, 1.54) is 124 Å². The molecule has 12 fully saturated rings. The number of hydrogen-bond acceptors (Lipinski definition) is 26. The Morgan fingerprint density at radius 3 is 0.838 bits per heavy atom. The lowest BCUT2D eigenvalue weighted by Gasteiger charge is -2.29. The quantitative estimate of drug-likeness (QED) is 0.0370. The fourth-order valence-corrected chi connectivity index (χ4v) is 28.3. The van der Waals surface area contributed by atoms with Gasteiger partial charge in [0.25, 0.3) is 45.2 Å². The number of aromatic nitrogens is 8. The fourth-order valence-electron chi connectivity index (χ4n) is 19.8. The number of amides is 2. The van der Waals surface area contributed by atoms with Crippen LogP contribution in [0.4, 0.5) is 11.6 Å². The maximum atomic E-state index is 10.6. The zero-order chi connectivity index (χ0) is 97.2. The molecule has 2 amide bonds. The van der Waals surface area contributed by atoms with Gasteiger partial charge in [-0.2, -0.15) is 0 Å². The Balaban J connectivity index is 0.000000136. The lowest BCUT2D eigenvalue weighted by Crippen LogP contribution is -2.36. The minimum absolute atomic E-state index is 0.162. The van der Waals surface area contributed by atoms with Gasteiger partial charge >= 0.3 is 22.8 Å². The summed E-state index contributed by atoms with van der Waals surface area (Å²) in [5.74, 6) is 0.258. The summed E-state index contributed by atoms with van der Waals surface area (Å²) in [6, 6.07) is 47.3. The van der Waals surface area contributed by atoms with Crippen LogP contribution in [-0.4, -0.2) is 194 Å². The van der Waals surface area contributed by atoms with Gasteiger partial charge in [0.05, 0.1) is 97.4 Å². The van der Waals surface area contributed by atoms with Crippen molar-refractivity contribution in [2.45, 2.75) is 333 Å². The molecule has 24 atom stereocenters. The summed E-state index contributed by atoms with van der Waals surface area (Å²) in [6.45, 7) is 36.5. The maximum Gasteiger partial charge on any atom is 0.346 e. The summed E-state index contributed by atoms with van der Waals surface area (Å²) in [4.78, 5) is 104. The Hall–Kier alpha value is -7.98. The molecule has 8 aromatic rings. The second-order valence-corrected chi connectivity index (χ2v) is 42.6. The van der Waals surface area contributed by atoms with E-state index in [1.54, 1.807) is 13.8 Å². The van der Waals surface area contributed by atoms with Crippen molar-refractivity contribution in [2.24, 2.45) is 0 Å². The topological polar surface area (TPSA) is 405 Å². The van der Waals surface area contributed by atoms with Crippen LogP contribution in [0.2, 0.25) is 0 Å². The van der Waals surface area contributed by atoms with Crippen LogP contribution >= 0.6 is 34.1 Å². The minimum Gasteiger partial charge on any atom is -0.372 e. The van der Waals surface area contributed by atoms with E-state index in [0.29, 0.717) is 46.9 Å². The van der Waals surface area contributed by atoms with Crippen LogP contribution in [0.15, 0.2) is 187 Å². The number of aromatic amines is 6.